The lowest BCUT2D eigenvalue weighted by Gasteiger charge is -2.07. The van der Waals surface area contributed by atoms with Gasteiger partial charge in [-0.15, -0.1) is 11.3 Å². The van der Waals surface area contributed by atoms with Crippen molar-refractivity contribution in [2.75, 3.05) is 13.3 Å². The van der Waals surface area contributed by atoms with Gasteiger partial charge in [0.1, 0.15) is 5.69 Å². The lowest BCUT2D eigenvalue weighted by atomic mass is 10.2. The minimum atomic E-state index is -0.259. The number of nitrogens with zero attached hydrogens (tertiary/aromatic N) is 3. The number of thiazole rings is 1. The third kappa shape index (κ3) is 4.41. The number of ether oxygens (including phenoxy) is 2. The quantitative estimate of drug-likeness (QED) is 0.611. The van der Waals surface area contributed by atoms with Gasteiger partial charge in [-0.25, -0.2) is 9.67 Å². The molecule has 0 aliphatic carbocycles. The molecular formula is C21H20N4O4S. The van der Waals surface area contributed by atoms with Crippen molar-refractivity contribution in [2.45, 2.75) is 20.4 Å². The predicted octanol–water partition coefficient (Wildman–Crippen LogP) is 2.54. The molecule has 8 nitrogen and oxygen atoms in total. The lowest BCUT2D eigenvalue weighted by molar-refractivity contribution is -0.116. The zero-order valence-corrected chi connectivity index (χ0v) is 17.4. The molecule has 1 aliphatic rings. The monoisotopic (exact) mass is 424 g/mol. The molecule has 4 rings (SSSR count). The zero-order valence-electron chi connectivity index (χ0n) is 16.5. The summed E-state index contributed by atoms with van der Waals surface area (Å²) in [5.41, 5.74) is 2.20. The van der Waals surface area contributed by atoms with Crippen LogP contribution < -0.4 is 20.3 Å². The van der Waals surface area contributed by atoms with Gasteiger partial charge in [0.2, 0.25) is 12.7 Å². The predicted molar refractivity (Wildman–Crippen MR) is 114 cm³/mol. The van der Waals surface area contributed by atoms with Gasteiger partial charge in [-0.05, 0) is 43.7 Å². The van der Waals surface area contributed by atoms with E-state index >= 15 is 0 Å². The van der Waals surface area contributed by atoms with Gasteiger partial charge in [0, 0.05) is 18.7 Å². The molecule has 0 spiro atoms. The van der Waals surface area contributed by atoms with E-state index in [2.05, 4.69) is 15.4 Å². The molecule has 0 fully saturated rings. The van der Waals surface area contributed by atoms with Crippen LogP contribution in [0.1, 0.15) is 16.3 Å². The number of fused-ring (bicyclic) bond motifs is 1. The Labute approximate surface area is 176 Å². The maximum absolute atomic E-state index is 12.1. The van der Waals surface area contributed by atoms with E-state index in [1.54, 1.807) is 18.2 Å². The minimum Gasteiger partial charge on any atom is -0.454 e. The van der Waals surface area contributed by atoms with Crippen molar-refractivity contribution in [3.8, 4) is 22.1 Å². The Morgan fingerprint density at radius 1 is 1.23 bits per heavy atom. The molecule has 30 heavy (non-hydrogen) atoms. The molecule has 0 bridgehead atoms. The van der Waals surface area contributed by atoms with Crippen molar-refractivity contribution in [3.05, 3.63) is 63.0 Å². The van der Waals surface area contributed by atoms with Gasteiger partial charge in [-0.3, -0.25) is 9.59 Å². The number of hydrogen-bond donors (Lipinski definition) is 1. The Morgan fingerprint density at radius 3 is 2.87 bits per heavy atom. The van der Waals surface area contributed by atoms with Crippen molar-refractivity contribution in [1.82, 2.24) is 20.1 Å². The van der Waals surface area contributed by atoms with E-state index in [1.807, 2.05) is 26.0 Å². The van der Waals surface area contributed by atoms with Crippen molar-refractivity contribution >= 4 is 23.3 Å². The highest BCUT2D eigenvalue weighted by Crippen LogP contribution is 2.32. The van der Waals surface area contributed by atoms with Gasteiger partial charge < -0.3 is 14.8 Å². The SMILES string of the molecule is Cc1nc(C)c(-c2ccc(=O)n(CCNC(=O)C=Cc3ccc4c(c3)OCO4)n2)s1. The van der Waals surface area contributed by atoms with Crippen LogP contribution in [0.5, 0.6) is 11.5 Å². The number of carbonyl (C=O) groups is 1. The molecular weight excluding hydrogens is 404 g/mol. The molecule has 1 amide bonds. The number of aromatic nitrogens is 3. The van der Waals surface area contributed by atoms with Gasteiger partial charge in [0.25, 0.3) is 5.56 Å². The molecule has 154 valence electrons. The van der Waals surface area contributed by atoms with Gasteiger partial charge >= 0.3 is 0 Å². The number of rotatable bonds is 6. The first kappa shape index (κ1) is 19.8. The van der Waals surface area contributed by atoms with Gasteiger partial charge in [-0.2, -0.15) is 5.10 Å². The summed E-state index contributed by atoms with van der Waals surface area (Å²) < 4.78 is 11.9. The molecule has 0 radical (unpaired) electrons. The Morgan fingerprint density at radius 2 is 2.07 bits per heavy atom. The average Bonchev–Trinajstić information content (AvgIpc) is 3.33. The second-order valence-corrected chi connectivity index (χ2v) is 7.87. The topological polar surface area (TPSA) is 95.3 Å². The van der Waals surface area contributed by atoms with Crippen LogP contribution in [-0.2, 0) is 11.3 Å². The maximum atomic E-state index is 12.1. The molecule has 1 aliphatic heterocycles. The fourth-order valence-electron chi connectivity index (χ4n) is 3.03. The molecule has 0 saturated carbocycles. The van der Waals surface area contributed by atoms with Crippen LogP contribution >= 0.6 is 11.3 Å². The minimum absolute atomic E-state index is 0.208. The smallest absolute Gasteiger partial charge is 0.266 e. The van der Waals surface area contributed by atoms with Crippen molar-refractivity contribution < 1.29 is 14.3 Å². The molecule has 3 aromatic rings. The van der Waals surface area contributed by atoms with E-state index in [-0.39, 0.29) is 31.3 Å². The molecule has 9 heteroatoms. The number of hydrogen-bond acceptors (Lipinski definition) is 7. The van der Waals surface area contributed by atoms with E-state index in [9.17, 15) is 9.59 Å². The Hall–Kier alpha value is -3.46. The van der Waals surface area contributed by atoms with E-state index < -0.39 is 0 Å². The van der Waals surface area contributed by atoms with Crippen LogP contribution in [0.25, 0.3) is 16.6 Å². The molecule has 0 saturated heterocycles. The van der Waals surface area contributed by atoms with Gasteiger partial charge in [0.05, 0.1) is 22.1 Å². The normalized spacial score (nSPS) is 12.5. The highest BCUT2D eigenvalue weighted by molar-refractivity contribution is 7.15. The number of carbonyl (C=O) groups excluding carboxylic acids is 1. The van der Waals surface area contributed by atoms with Crippen LogP contribution in [0.3, 0.4) is 0 Å². The first-order valence-corrected chi connectivity index (χ1v) is 10.2. The van der Waals surface area contributed by atoms with Crippen molar-refractivity contribution in [3.63, 3.8) is 0 Å². The van der Waals surface area contributed by atoms with Crippen LogP contribution in [0.4, 0.5) is 0 Å². The Bertz CT molecular complexity index is 1180. The van der Waals surface area contributed by atoms with E-state index in [0.29, 0.717) is 17.2 Å². The Kier molecular flexibility index (Phi) is 5.62. The van der Waals surface area contributed by atoms with E-state index in [0.717, 1.165) is 21.1 Å². The van der Waals surface area contributed by atoms with Crippen molar-refractivity contribution in [1.29, 1.82) is 0 Å². The standard InChI is InChI=1S/C21H20N4O4S/c1-13-21(30-14(2)23-13)16-5-8-20(27)25(24-16)10-9-22-19(26)7-4-15-3-6-17-18(11-15)29-12-28-17/h3-8,11H,9-10,12H2,1-2H3,(H,22,26). The van der Waals surface area contributed by atoms with E-state index in [4.69, 9.17) is 9.47 Å². The molecule has 2 aromatic heterocycles. The summed E-state index contributed by atoms with van der Waals surface area (Å²) in [6, 6.07) is 8.64. The third-order valence-corrected chi connectivity index (χ3v) is 5.54. The van der Waals surface area contributed by atoms with Crippen LogP contribution in [0.2, 0.25) is 0 Å². The maximum Gasteiger partial charge on any atom is 0.266 e. The number of nitrogens with one attached hydrogen (secondary N) is 1. The summed E-state index contributed by atoms with van der Waals surface area (Å²) in [4.78, 5) is 29.5. The second-order valence-electron chi connectivity index (χ2n) is 6.66. The van der Waals surface area contributed by atoms with Gasteiger partial charge in [0.15, 0.2) is 11.5 Å². The summed E-state index contributed by atoms with van der Waals surface area (Å²) in [6.07, 6.45) is 3.13. The molecule has 1 aromatic carbocycles. The highest BCUT2D eigenvalue weighted by Gasteiger charge is 2.13. The highest BCUT2D eigenvalue weighted by atomic mass is 32.1. The van der Waals surface area contributed by atoms with Crippen molar-refractivity contribution in [2.24, 2.45) is 0 Å². The second kappa shape index (κ2) is 8.50. The molecule has 0 unspecified atom stereocenters. The third-order valence-electron chi connectivity index (χ3n) is 4.45. The molecule has 3 heterocycles. The largest absolute Gasteiger partial charge is 0.454 e. The fourth-order valence-corrected chi connectivity index (χ4v) is 3.92. The molecule has 1 N–H and O–H groups in total. The van der Waals surface area contributed by atoms with Crippen LogP contribution in [-0.4, -0.2) is 34.0 Å². The summed E-state index contributed by atoms with van der Waals surface area (Å²) in [7, 11) is 0. The lowest BCUT2D eigenvalue weighted by Crippen LogP contribution is -2.31. The van der Waals surface area contributed by atoms with E-state index in [1.165, 1.54) is 28.2 Å². The summed E-state index contributed by atoms with van der Waals surface area (Å²) in [5.74, 6) is 1.10. The number of benzene rings is 1. The first-order valence-electron chi connectivity index (χ1n) is 9.38. The first-order chi connectivity index (χ1) is 14.5. The number of aryl methyl sites for hydroxylation is 2. The zero-order chi connectivity index (χ0) is 21.1. The summed E-state index contributed by atoms with van der Waals surface area (Å²) in [6.45, 7) is 4.61. The summed E-state index contributed by atoms with van der Waals surface area (Å²) >= 11 is 1.54. The number of amides is 1. The Balaban J connectivity index is 1.36. The molecule has 0 atom stereocenters. The average molecular weight is 424 g/mol. The van der Waals surface area contributed by atoms with Crippen LogP contribution in [0.15, 0.2) is 41.2 Å². The van der Waals surface area contributed by atoms with Gasteiger partial charge in [-0.1, -0.05) is 6.07 Å². The van der Waals surface area contributed by atoms with Crippen LogP contribution in [0, 0.1) is 13.8 Å². The summed E-state index contributed by atoms with van der Waals surface area (Å²) in [5, 5.41) is 8.13. The fraction of sp³-hybridized carbons (Fsp3) is 0.238.